The summed E-state index contributed by atoms with van der Waals surface area (Å²) in [6, 6.07) is 10.1. The third-order valence-corrected chi connectivity index (χ3v) is 9.72. The van der Waals surface area contributed by atoms with E-state index in [2.05, 4.69) is 52.1 Å². The largest absolute Gasteiger partial charge is 0.549 e. The van der Waals surface area contributed by atoms with Gasteiger partial charge in [0.2, 0.25) is 8.32 Å². The number of allylic oxidation sites excluding steroid dienone is 2. The van der Waals surface area contributed by atoms with E-state index in [0.29, 0.717) is 13.0 Å². The van der Waals surface area contributed by atoms with E-state index in [1.807, 2.05) is 30.5 Å². The van der Waals surface area contributed by atoms with Crippen LogP contribution in [0.4, 0.5) is 4.79 Å². The topological polar surface area (TPSA) is 55.8 Å². The number of nitrogens with zero attached hydrogens (tertiary/aromatic N) is 1. The lowest BCUT2D eigenvalue weighted by Crippen LogP contribution is -2.39. The van der Waals surface area contributed by atoms with Gasteiger partial charge in [0.15, 0.2) is 0 Å². The second kappa shape index (κ2) is 9.23. The number of ether oxygens (including phenoxy) is 1. The number of cyclic esters (lactones) is 1. The van der Waals surface area contributed by atoms with Crippen LogP contribution in [0.15, 0.2) is 54.8 Å². The number of carbonyl (C=O) groups is 2. The molecule has 1 atom stereocenters. The summed E-state index contributed by atoms with van der Waals surface area (Å²) in [7, 11) is -1.86. The Labute approximate surface area is 169 Å². The predicted octanol–water partition coefficient (Wildman–Crippen LogP) is 5.23. The van der Waals surface area contributed by atoms with Crippen LogP contribution in [0, 0.1) is 0 Å². The van der Waals surface area contributed by atoms with Crippen molar-refractivity contribution in [3.8, 4) is 0 Å². The van der Waals surface area contributed by atoms with Crippen LogP contribution >= 0.6 is 0 Å². The zero-order valence-electron chi connectivity index (χ0n) is 17.5. The molecule has 1 aromatic carbocycles. The molecule has 1 aliphatic rings. The van der Waals surface area contributed by atoms with E-state index in [-0.39, 0.29) is 23.5 Å². The van der Waals surface area contributed by atoms with Gasteiger partial charge in [-0.05, 0) is 42.3 Å². The molecule has 2 rings (SSSR count). The Kier molecular flexibility index (Phi) is 7.24. The maximum absolute atomic E-state index is 12.1. The van der Waals surface area contributed by atoms with Gasteiger partial charge in [0.1, 0.15) is 6.61 Å². The van der Waals surface area contributed by atoms with Crippen molar-refractivity contribution >= 4 is 20.3 Å². The molecular weight excluding hydrogens is 370 g/mol. The first-order valence-electron chi connectivity index (χ1n) is 9.66. The predicted molar refractivity (Wildman–Crippen MR) is 113 cm³/mol. The van der Waals surface area contributed by atoms with Gasteiger partial charge in [0, 0.05) is 5.92 Å². The number of benzene rings is 1. The Bertz CT molecular complexity index is 735. The van der Waals surface area contributed by atoms with E-state index in [4.69, 9.17) is 9.16 Å². The van der Waals surface area contributed by atoms with Gasteiger partial charge in [-0.15, -0.1) is 0 Å². The summed E-state index contributed by atoms with van der Waals surface area (Å²) < 4.78 is 11.0. The van der Waals surface area contributed by atoms with Crippen molar-refractivity contribution in [1.29, 1.82) is 0 Å². The van der Waals surface area contributed by atoms with Crippen LogP contribution in [0.25, 0.3) is 0 Å². The van der Waals surface area contributed by atoms with Crippen LogP contribution < -0.4 is 0 Å². The molecule has 0 N–H and O–H groups in total. The standard InChI is InChI=1S/C22H31NO4Si/c1-22(2,3)28(4,5)27-16-14-19(18-10-7-6-8-11-18)12-9-13-20(24)23-15-17-26-21(23)25/h6-11,13-14,16,19H,12,15,17H2,1-5H3/b13-9+,16-14-/t19-/m1/s1. The monoisotopic (exact) mass is 401 g/mol. The van der Waals surface area contributed by atoms with Crippen LogP contribution in [0.1, 0.15) is 38.7 Å². The highest BCUT2D eigenvalue weighted by atomic mass is 28.4. The minimum atomic E-state index is -1.86. The van der Waals surface area contributed by atoms with Gasteiger partial charge < -0.3 is 9.16 Å². The Morgan fingerprint density at radius 3 is 2.54 bits per heavy atom. The molecular formula is C22H31NO4Si. The third-order valence-electron chi connectivity index (χ3n) is 5.38. The fourth-order valence-electron chi connectivity index (χ4n) is 2.51. The highest BCUT2D eigenvalue weighted by molar-refractivity contribution is 6.74. The molecule has 1 aromatic rings. The molecule has 0 spiro atoms. The van der Waals surface area contributed by atoms with Gasteiger partial charge in [-0.3, -0.25) is 4.79 Å². The SMILES string of the molecule is CC(C)(C)[Si](C)(C)O/C=C\[C@@H](C/C=C/C(=O)N1CCOC1=O)c1ccccc1. The van der Waals surface area contributed by atoms with Gasteiger partial charge in [0.05, 0.1) is 12.8 Å². The normalized spacial score (nSPS) is 16.6. The lowest BCUT2D eigenvalue weighted by molar-refractivity contribution is -0.122. The van der Waals surface area contributed by atoms with Crippen LogP contribution in [0.2, 0.25) is 18.1 Å². The summed E-state index contributed by atoms with van der Waals surface area (Å²) in [6.07, 6.45) is 7.19. The number of imide groups is 1. The van der Waals surface area contributed by atoms with Gasteiger partial charge in [0.25, 0.3) is 5.91 Å². The van der Waals surface area contributed by atoms with Gasteiger partial charge in [-0.1, -0.05) is 57.2 Å². The minimum Gasteiger partial charge on any atom is -0.549 e. The molecule has 0 radical (unpaired) electrons. The molecule has 0 aliphatic carbocycles. The van der Waals surface area contributed by atoms with Crippen molar-refractivity contribution in [2.45, 2.75) is 51.2 Å². The number of rotatable bonds is 7. The maximum Gasteiger partial charge on any atom is 0.416 e. The van der Waals surface area contributed by atoms with Crippen LogP contribution in [-0.4, -0.2) is 38.4 Å². The Balaban J connectivity index is 2.06. The number of carbonyl (C=O) groups excluding carboxylic acids is 2. The van der Waals surface area contributed by atoms with E-state index in [0.717, 1.165) is 10.5 Å². The molecule has 0 bridgehead atoms. The van der Waals surface area contributed by atoms with Crippen molar-refractivity contribution in [1.82, 2.24) is 4.90 Å². The molecule has 28 heavy (non-hydrogen) atoms. The zero-order valence-corrected chi connectivity index (χ0v) is 18.5. The average Bonchev–Trinajstić information content (AvgIpc) is 3.06. The highest BCUT2D eigenvalue weighted by Crippen LogP contribution is 2.37. The highest BCUT2D eigenvalue weighted by Gasteiger charge is 2.38. The summed E-state index contributed by atoms with van der Waals surface area (Å²) in [5.41, 5.74) is 1.15. The van der Waals surface area contributed by atoms with Crippen LogP contribution in [0.3, 0.4) is 0 Å². The fourth-order valence-corrected chi connectivity index (χ4v) is 3.28. The lowest BCUT2D eigenvalue weighted by Gasteiger charge is -2.35. The lowest BCUT2D eigenvalue weighted by atomic mass is 9.95. The second-order valence-corrected chi connectivity index (χ2v) is 13.2. The van der Waals surface area contributed by atoms with E-state index < -0.39 is 14.4 Å². The average molecular weight is 402 g/mol. The van der Waals surface area contributed by atoms with Crippen molar-refractivity contribution in [3.63, 3.8) is 0 Å². The molecule has 0 aromatic heterocycles. The molecule has 1 heterocycles. The second-order valence-electron chi connectivity index (χ2n) is 8.47. The molecule has 0 unspecified atom stereocenters. The van der Waals surface area contributed by atoms with E-state index in [9.17, 15) is 9.59 Å². The first-order chi connectivity index (χ1) is 13.1. The smallest absolute Gasteiger partial charge is 0.416 e. The van der Waals surface area contributed by atoms with Crippen molar-refractivity contribution < 1.29 is 18.8 Å². The minimum absolute atomic E-state index is 0.0838. The van der Waals surface area contributed by atoms with E-state index >= 15 is 0 Å². The summed E-state index contributed by atoms with van der Waals surface area (Å²) >= 11 is 0. The van der Waals surface area contributed by atoms with E-state index in [1.54, 1.807) is 0 Å². The summed E-state index contributed by atoms with van der Waals surface area (Å²) in [6.45, 7) is 11.6. The molecule has 0 saturated carbocycles. The van der Waals surface area contributed by atoms with Gasteiger partial charge >= 0.3 is 6.09 Å². The Morgan fingerprint density at radius 2 is 1.96 bits per heavy atom. The van der Waals surface area contributed by atoms with Crippen LogP contribution in [0.5, 0.6) is 0 Å². The maximum atomic E-state index is 12.1. The first-order valence-corrected chi connectivity index (χ1v) is 12.6. The Hall–Kier alpha value is -2.34. The molecule has 6 heteroatoms. The van der Waals surface area contributed by atoms with E-state index in [1.165, 1.54) is 6.08 Å². The molecule has 152 valence electrons. The van der Waals surface area contributed by atoms with Gasteiger partial charge in [-0.25, -0.2) is 9.69 Å². The molecule has 1 fully saturated rings. The Morgan fingerprint density at radius 1 is 1.29 bits per heavy atom. The number of hydrogen-bond acceptors (Lipinski definition) is 4. The number of amides is 2. The molecule has 2 amide bonds. The molecule has 5 nitrogen and oxygen atoms in total. The summed E-state index contributed by atoms with van der Waals surface area (Å²) in [4.78, 5) is 24.7. The van der Waals surface area contributed by atoms with Crippen molar-refractivity contribution in [3.05, 3.63) is 60.4 Å². The zero-order chi connectivity index (χ0) is 20.8. The van der Waals surface area contributed by atoms with Crippen molar-refractivity contribution in [2.75, 3.05) is 13.2 Å². The fraction of sp³-hybridized carbons (Fsp3) is 0.455. The van der Waals surface area contributed by atoms with Crippen molar-refractivity contribution in [2.24, 2.45) is 0 Å². The number of hydrogen-bond donors (Lipinski definition) is 0. The third kappa shape index (κ3) is 5.83. The summed E-state index contributed by atoms with van der Waals surface area (Å²) in [5.74, 6) is -0.253. The summed E-state index contributed by atoms with van der Waals surface area (Å²) in [5, 5.41) is 0.135. The molecule has 1 aliphatic heterocycles. The quantitative estimate of drug-likeness (QED) is 0.357. The molecule has 1 saturated heterocycles. The van der Waals surface area contributed by atoms with Crippen LogP contribution in [-0.2, 0) is 14.0 Å². The first kappa shape index (κ1) is 22.0. The van der Waals surface area contributed by atoms with Gasteiger partial charge in [-0.2, -0.15) is 0 Å².